The largest absolute Gasteiger partial charge is 0.461 e. The quantitative estimate of drug-likeness (QED) is 0.320. The fourth-order valence-corrected chi connectivity index (χ4v) is 3.17. The average Bonchev–Trinajstić information content (AvgIpc) is 3.31. The molecule has 0 spiro atoms. The fraction of sp³-hybridized carbons (Fsp3) is 0.261. The predicted octanol–water partition coefficient (Wildman–Crippen LogP) is 2.57. The fourth-order valence-electron chi connectivity index (χ4n) is 3.17. The number of aromatic nitrogens is 5. The molecule has 176 valence electrons. The number of aromatic amines is 1. The first-order valence-corrected chi connectivity index (χ1v) is 10.5. The third-order valence-corrected chi connectivity index (χ3v) is 5.00. The summed E-state index contributed by atoms with van der Waals surface area (Å²) in [5.41, 5.74) is 2.15. The first-order chi connectivity index (χ1) is 16.5. The number of carbonyl (C=O) groups is 1. The van der Waals surface area contributed by atoms with E-state index in [9.17, 15) is 9.18 Å². The zero-order chi connectivity index (χ0) is 24.1. The van der Waals surface area contributed by atoms with E-state index in [2.05, 4.69) is 30.5 Å². The standard InChI is InChI=1S/C23H23FN6O4/c1-13-6-7-19(25-10-13)27-22(32)18(12-33-9-8-31)34-23-16-11-26-30-21(16)28-20(29-23)15-4-3-5-17(24)14(15)2/h3-7,10-11,18,31H,8-9,12H2,1-2H3,(H,25,27,32)(H,26,28,29,30)/t18-/m0/s1. The summed E-state index contributed by atoms with van der Waals surface area (Å²) in [6.45, 7) is 3.16. The normalized spacial score (nSPS) is 12.0. The van der Waals surface area contributed by atoms with Crippen molar-refractivity contribution in [3.63, 3.8) is 0 Å². The van der Waals surface area contributed by atoms with Crippen LogP contribution in [0.15, 0.2) is 42.7 Å². The lowest BCUT2D eigenvalue weighted by Crippen LogP contribution is -2.37. The van der Waals surface area contributed by atoms with Crippen LogP contribution in [0.4, 0.5) is 10.2 Å². The highest BCUT2D eigenvalue weighted by Crippen LogP contribution is 2.28. The Kier molecular flexibility index (Phi) is 7.04. The second kappa shape index (κ2) is 10.3. The number of amides is 1. The van der Waals surface area contributed by atoms with Crippen molar-refractivity contribution < 1.29 is 23.8 Å². The molecule has 0 aliphatic heterocycles. The SMILES string of the molecule is Cc1ccc(NC(=O)[C@H](COCCO)Oc2nc(-c3cccc(F)c3C)nc3[nH]ncc23)nc1. The van der Waals surface area contributed by atoms with Crippen LogP contribution in [0.5, 0.6) is 5.88 Å². The molecule has 0 aliphatic rings. The van der Waals surface area contributed by atoms with E-state index in [1.807, 2.05) is 13.0 Å². The Bertz CT molecular complexity index is 1290. The van der Waals surface area contributed by atoms with Gasteiger partial charge in [0.15, 0.2) is 11.5 Å². The molecule has 3 aromatic heterocycles. The van der Waals surface area contributed by atoms with Crippen molar-refractivity contribution in [1.82, 2.24) is 25.1 Å². The maximum atomic E-state index is 14.1. The molecule has 11 heteroatoms. The number of ether oxygens (including phenoxy) is 2. The van der Waals surface area contributed by atoms with Crippen molar-refractivity contribution in [2.75, 3.05) is 25.1 Å². The zero-order valence-corrected chi connectivity index (χ0v) is 18.6. The van der Waals surface area contributed by atoms with Crippen LogP contribution in [-0.4, -0.2) is 62.1 Å². The Morgan fingerprint density at radius 1 is 1.21 bits per heavy atom. The third kappa shape index (κ3) is 5.16. The van der Waals surface area contributed by atoms with Gasteiger partial charge in [-0.3, -0.25) is 9.89 Å². The van der Waals surface area contributed by atoms with Gasteiger partial charge in [0.25, 0.3) is 5.91 Å². The number of hydrogen-bond donors (Lipinski definition) is 3. The van der Waals surface area contributed by atoms with Crippen molar-refractivity contribution in [2.24, 2.45) is 0 Å². The van der Waals surface area contributed by atoms with Crippen molar-refractivity contribution in [3.05, 3.63) is 59.7 Å². The van der Waals surface area contributed by atoms with Gasteiger partial charge in [-0.05, 0) is 37.1 Å². The Morgan fingerprint density at radius 3 is 2.82 bits per heavy atom. The van der Waals surface area contributed by atoms with Gasteiger partial charge in [0, 0.05) is 11.8 Å². The molecule has 3 heterocycles. The predicted molar refractivity (Wildman–Crippen MR) is 122 cm³/mol. The molecule has 4 rings (SSSR count). The number of nitrogens with one attached hydrogen (secondary N) is 2. The van der Waals surface area contributed by atoms with Gasteiger partial charge in [0.05, 0.1) is 26.0 Å². The number of benzene rings is 1. The maximum Gasteiger partial charge on any atom is 0.269 e. The lowest BCUT2D eigenvalue weighted by Gasteiger charge is -2.19. The van der Waals surface area contributed by atoms with E-state index < -0.39 is 17.8 Å². The van der Waals surface area contributed by atoms with Gasteiger partial charge in [0.2, 0.25) is 12.0 Å². The molecule has 1 atom stereocenters. The second-order valence-corrected chi connectivity index (χ2v) is 7.51. The second-order valence-electron chi connectivity index (χ2n) is 7.51. The van der Waals surface area contributed by atoms with Crippen molar-refractivity contribution in [3.8, 4) is 17.3 Å². The lowest BCUT2D eigenvalue weighted by atomic mass is 10.1. The van der Waals surface area contributed by atoms with Crippen LogP contribution < -0.4 is 10.1 Å². The zero-order valence-electron chi connectivity index (χ0n) is 18.6. The molecule has 0 saturated heterocycles. The molecular weight excluding hydrogens is 443 g/mol. The maximum absolute atomic E-state index is 14.1. The molecule has 0 bridgehead atoms. The Balaban J connectivity index is 1.67. The van der Waals surface area contributed by atoms with E-state index in [0.717, 1.165) is 5.56 Å². The van der Waals surface area contributed by atoms with Gasteiger partial charge >= 0.3 is 0 Å². The monoisotopic (exact) mass is 466 g/mol. The van der Waals surface area contributed by atoms with E-state index in [1.165, 1.54) is 12.3 Å². The molecule has 10 nitrogen and oxygen atoms in total. The summed E-state index contributed by atoms with van der Waals surface area (Å²) in [6, 6.07) is 8.09. The summed E-state index contributed by atoms with van der Waals surface area (Å²) < 4.78 is 25.5. The van der Waals surface area contributed by atoms with Crippen LogP contribution in [0.1, 0.15) is 11.1 Å². The van der Waals surface area contributed by atoms with E-state index in [4.69, 9.17) is 14.6 Å². The molecule has 1 amide bonds. The molecule has 1 aromatic carbocycles. The molecule has 0 saturated carbocycles. The number of aliphatic hydroxyl groups is 1. The Morgan fingerprint density at radius 2 is 2.06 bits per heavy atom. The van der Waals surface area contributed by atoms with Gasteiger partial charge in [0.1, 0.15) is 17.0 Å². The number of hydrogen-bond acceptors (Lipinski definition) is 8. The van der Waals surface area contributed by atoms with E-state index in [1.54, 1.807) is 31.3 Å². The lowest BCUT2D eigenvalue weighted by molar-refractivity contribution is -0.125. The van der Waals surface area contributed by atoms with Gasteiger partial charge in [-0.2, -0.15) is 10.1 Å². The highest BCUT2D eigenvalue weighted by Gasteiger charge is 2.25. The molecule has 34 heavy (non-hydrogen) atoms. The molecule has 0 radical (unpaired) electrons. The van der Waals surface area contributed by atoms with Crippen LogP contribution in [0.3, 0.4) is 0 Å². The number of nitrogens with zero attached hydrogens (tertiary/aromatic N) is 4. The van der Waals surface area contributed by atoms with E-state index in [-0.39, 0.29) is 31.5 Å². The number of aryl methyl sites for hydroxylation is 1. The molecule has 3 N–H and O–H groups in total. The minimum atomic E-state index is -1.14. The number of H-pyrrole nitrogens is 1. The van der Waals surface area contributed by atoms with Gasteiger partial charge in [-0.25, -0.2) is 14.4 Å². The van der Waals surface area contributed by atoms with Crippen LogP contribution in [0.25, 0.3) is 22.4 Å². The molecule has 0 unspecified atom stereocenters. The molecular formula is C23H23FN6O4. The Hall–Kier alpha value is -3.96. The summed E-state index contributed by atoms with van der Waals surface area (Å²) in [5, 5.41) is 18.9. The highest BCUT2D eigenvalue weighted by atomic mass is 19.1. The topological polar surface area (TPSA) is 135 Å². The van der Waals surface area contributed by atoms with Crippen molar-refractivity contribution in [2.45, 2.75) is 20.0 Å². The average molecular weight is 466 g/mol. The first-order valence-electron chi connectivity index (χ1n) is 10.5. The number of pyridine rings is 1. The van der Waals surface area contributed by atoms with E-state index >= 15 is 0 Å². The van der Waals surface area contributed by atoms with E-state index in [0.29, 0.717) is 28.0 Å². The highest BCUT2D eigenvalue weighted by molar-refractivity contribution is 5.94. The van der Waals surface area contributed by atoms with Gasteiger partial charge in [-0.1, -0.05) is 18.2 Å². The summed E-state index contributed by atoms with van der Waals surface area (Å²) in [4.78, 5) is 26.0. The Labute approximate surface area is 194 Å². The van der Waals surface area contributed by atoms with Gasteiger partial charge < -0.3 is 19.9 Å². The van der Waals surface area contributed by atoms with Crippen LogP contribution in [0, 0.1) is 19.7 Å². The molecule has 0 aliphatic carbocycles. The minimum Gasteiger partial charge on any atom is -0.461 e. The molecule has 0 fully saturated rings. The number of carbonyl (C=O) groups excluding carboxylic acids is 1. The number of aliphatic hydroxyl groups excluding tert-OH is 1. The van der Waals surface area contributed by atoms with Crippen molar-refractivity contribution >= 4 is 22.8 Å². The number of halogens is 1. The van der Waals surface area contributed by atoms with Crippen LogP contribution in [-0.2, 0) is 9.53 Å². The van der Waals surface area contributed by atoms with Crippen LogP contribution >= 0.6 is 0 Å². The third-order valence-electron chi connectivity index (χ3n) is 5.00. The summed E-state index contributed by atoms with van der Waals surface area (Å²) in [6.07, 6.45) is 1.96. The minimum absolute atomic E-state index is 0.0224. The number of rotatable bonds is 9. The van der Waals surface area contributed by atoms with Crippen LogP contribution in [0.2, 0.25) is 0 Å². The van der Waals surface area contributed by atoms with Gasteiger partial charge in [-0.15, -0.1) is 0 Å². The number of fused-ring (bicyclic) bond motifs is 1. The smallest absolute Gasteiger partial charge is 0.269 e. The summed E-state index contributed by atoms with van der Waals surface area (Å²) in [7, 11) is 0. The first kappa shape index (κ1) is 23.2. The molecule has 4 aromatic rings. The number of anilines is 1. The van der Waals surface area contributed by atoms with Crippen molar-refractivity contribution in [1.29, 1.82) is 0 Å². The summed E-state index contributed by atoms with van der Waals surface area (Å²) >= 11 is 0. The summed E-state index contributed by atoms with van der Waals surface area (Å²) in [5.74, 6) is -0.290.